The van der Waals surface area contributed by atoms with E-state index in [1.807, 2.05) is 13.8 Å². The molecule has 3 atom stereocenters. The van der Waals surface area contributed by atoms with Crippen LogP contribution in [0.25, 0.3) is 0 Å². The van der Waals surface area contributed by atoms with E-state index in [0.717, 1.165) is 0 Å². The molecule has 0 bridgehead atoms. The molecule has 1 aliphatic rings. The van der Waals surface area contributed by atoms with Gasteiger partial charge in [-0.2, -0.15) is 0 Å². The Hall–Kier alpha value is -0.570. The average Bonchev–Trinajstić information content (AvgIpc) is 2.41. The number of carbonyl (C=O) groups is 1. The van der Waals surface area contributed by atoms with E-state index in [-0.39, 0.29) is 17.8 Å². The zero-order chi connectivity index (χ0) is 7.94. The molecule has 0 radical (unpaired) electrons. The largest absolute Gasteiger partial charge is 0.468 e. The van der Waals surface area contributed by atoms with Crippen molar-refractivity contribution in [1.29, 1.82) is 0 Å². The summed E-state index contributed by atoms with van der Waals surface area (Å²) in [6, 6.07) is 0. The predicted molar refractivity (Wildman–Crippen MR) is 37.3 cm³/mol. The lowest BCUT2D eigenvalue weighted by atomic mass is 10.2. The van der Waals surface area contributed by atoms with Crippen LogP contribution in [-0.4, -0.2) is 18.6 Å². The van der Waals surface area contributed by atoms with Crippen LogP contribution in [0.15, 0.2) is 0 Å². The van der Waals surface area contributed by atoms with Gasteiger partial charge in [-0.05, 0) is 11.8 Å². The smallest absolute Gasteiger partial charge is 0.326 e. The molecule has 0 aromatic heterocycles. The van der Waals surface area contributed by atoms with Gasteiger partial charge < -0.3 is 10.5 Å². The summed E-state index contributed by atoms with van der Waals surface area (Å²) in [4.78, 5) is 11.0. The van der Waals surface area contributed by atoms with Crippen LogP contribution in [0.4, 0.5) is 0 Å². The van der Waals surface area contributed by atoms with Gasteiger partial charge in [0.15, 0.2) is 0 Å². The summed E-state index contributed by atoms with van der Waals surface area (Å²) in [7, 11) is 1.37. The van der Waals surface area contributed by atoms with Crippen LogP contribution in [0.1, 0.15) is 13.8 Å². The lowest BCUT2D eigenvalue weighted by Gasteiger charge is -2.06. The first-order chi connectivity index (χ1) is 4.55. The fourth-order valence-electron chi connectivity index (χ4n) is 1.36. The zero-order valence-corrected chi connectivity index (χ0v) is 6.55. The molecule has 0 amide bonds. The van der Waals surface area contributed by atoms with Crippen molar-refractivity contribution in [1.82, 2.24) is 0 Å². The van der Waals surface area contributed by atoms with Gasteiger partial charge in [-0.3, -0.25) is 4.79 Å². The molecule has 10 heavy (non-hydrogen) atoms. The molecule has 1 fully saturated rings. The highest BCUT2D eigenvalue weighted by atomic mass is 16.5. The van der Waals surface area contributed by atoms with Gasteiger partial charge in [0.25, 0.3) is 0 Å². The number of ether oxygens (including phenoxy) is 1. The van der Waals surface area contributed by atoms with E-state index in [1.54, 1.807) is 0 Å². The summed E-state index contributed by atoms with van der Waals surface area (Å²) in [5, 5.41) is 0. The van der Waals surface area contributed by atoms with Gasteiger partial charge in [0.05, 0.1) is 7.11 Å². The maximum atomic E-state index is 11.0. The van der Waals surface area contributed by atoms with E-state index in [9.17, 15) is 4.79 Å². The monoisotopic (exact) mass is 143 g/mol. The molecule has 0 spiro atoms. The molecule has 1 rings (SSSR count). The van der Waals surface area contributed by atoms with Gasteiger partial charge in [0.1, 0.15) is 5.54 Å². The molecule has 0 aliphatic heterocycles. The molecule has 0 heterocycles. The molecule has 2 unspecified atom stereocenters. The maximum absolute atomic E-state index is 11.0. The molecule has 2 N–H and O–H groups in total. The normalized spacial score (nSPS) is 44.8. The molecule has 0 aromatic carbocycles. The highest BCUT2D eigenvalue weighted by Gasteiger charge is 2.62. The first kappa shape index (κ1) is 7.54. The van der Waals surface area contributed by atoms with Crippen LogP contribution in [-0.2, 0) is 9.53 Å². The number of carbonyl (C=O) groups excluding carboxylic acids is 1. The first-order valence-electron chi connectivity index (χ1n) is 3.42. The van der Waals surface area contributed by atoms with Crippen molar-refractivity contribution in [2.45, 2.75) is 19.4 Å². The van der Waals surface area contributed by atoms with Crippen molar-refractivity contribution in [3.8, 4) is 0 Å². The minimum Gasteiger partial charge on any atom is -0.468 e. The lowest BCUT2D eigenvalue weighted by molar-refractivity contribution is -0.144. The SMILES string of the molecule is COC(=O)C1(N)C(C)[C@H]1C. The lowest BCUT2D eigenvalue weighted by Crippen LogP contribution is -2.37. The average molecular weight is 143 g/mol. The van der Waals surface area contributed by atoms with Crippen LogP contribution in [0.3, 0.4) is 0 Å². The summed E-state index contributed by atoms with van der Waals surface area (Å²) in [6.45, 7) is 3.92. The van der Waals surface area contributed by atoms with Crippen molar-refractivity contribution in [2.24, 2.45) is 17.6 Å². The number of esters is 1. The van der Waals surface area contributed by atoms with Crippen LogP contribution in [0, 0.1) is 11.8 Å². The zero-order valence-electron chi connectivity index (χ0n) is 6.55. The van der Waals surface area contributed by atoms with Gasteiger partial charge >= 0.3 is 5.97 Å². The highest BCUT2D eigenvalue weighted by Crippen LogP contribution is 2.48. The van der Waals surface area contributed by atoms with Gasteiger partial charge in [-0.25, -0.2) is 0 Å². The summed E-state index contributed by atoms with van der Waals surface area (Å²) < 4.78 is 4.55. The fourth-order valence-corrected chi connectivity index (χ4v) is 1.36. The van der Waals surface area contributed by atoms with E-state index in [4.69, 9.17) is 5.73 Å². The Morgan fingerprint density at radius 2 is 1.90 bits per heavy atom. The second-order valence-corrected chi connectivity index (χ2v) is 3.00. The van der Waals surface area contributed by atoms with Crippen molar-refractivity contribution in [3.05, 3.63) is 0 Å². The van der Waals surface area contributed by atoms with E-state index in [1.165, 1.54) is 7.11 Å². The molecule has 3 heteroatoms. The standard InChI is InChI=1S/C7H13NO2/c1-4-5(2)7(4,8)6(9)10-3/h4-5H,8H2,1-3H3/t4-,5?,7?/m1/s1. The molecule has 3 nitrogen and oxygen atoms in total. The summed E-state index contributed by atoms with van der Waals surface area (Å²) in [5.41, 5.74) is 5.03. The van der Waals surface area contributed by atoms with Crippen molar-refractivity contribution in [2.75, 3.05) is 7.11 Å². The fraction of sp³-hybridized carbons (Fsp3) is 0.857. The number of rotatable bonds is 1. The quantitative estimate of drug-likeness (QED) is 0.531. The highest BCUT2D eigenvalue weighted by molar-refractivity contribution is 5.85. The number of nitrogens with two attached hydrogens (primary N) is 1. The van der Waals surface area contributed by atoms with Gasteiger partial charge in [-0.15, -0.1) is 0 Å². The molecular formula is C7H13NO2. The Morgan fingerprint density at radius 1 is 1.50 bits per heavy atom. The van der Waals surface area contributed by atoms with Crippen molar-refractivity contribution in [3.63, 3.8) is 0 Å². The van der Waals surface area contributed by atoms with Crippen LogP contribution >= 0.6 is 0 Å². The topological polar surface area (TPSA) is 52.3 Å². The second-order valence-electron chi connectivity index (χ2n) is 3.00. The molecule has 0 saturated heterocycles. The summed E-state index contributed by atoms with van der Waals surface area (Å²) >= 11 is 0. The van der Waals surface area contributed by atoms with Crippen LogP contribution in [0.2, 0.25) is 0 Å². The minimum absolute atomic E-state index is 0.264. The van der Waals surface area contributed by atoms with Gasteiger partial charge in [0, 0.05) is 0 Å². The number of hydrogen-bond donors (Lipinski definition) is 1. The summed E-state index contributed by atoms with van der Waals surface area (Å²) in [5.74, 6) is 0.243. The third kappa shape index (κ3) is 0.669. The first-order valence-corrected chi connectivity index (χ1v) is 3.42. The van der Waals surface area contributed by atoms with Crippen LogP contribution in [0.5, 0.6) is 0 Å². The minimum atomic E-state index is -0.686. The second kappa shape index (κ2) is 1.95. The van der Waals surface area contributed by atoms with E-state index in [2.05, 4.69) is 4.74 Å². The Morgan fingerprint density at radius 3 is 2.00 bits per heavy atom. The third-order valence-corrected chi connectivity index (χ3v) is 2.69. The summed E-state index contributed by atoms with van der Waals surface area (Å²) in [6.07, 6.45) is 0. The molecular weight excluding hydrogens is 130 g/mol. The molecule has 1 aliphatic carbocycles. The number of methoxy groups -OCH3 is 1. The molecule has 58 valence electrons. The van der Waals surface area contributed by atoms with E-state index < -0.39 is 5.54 Å². The van der Waals surface area contributed by atoms with Crippen molar-refractivity contribution >= 4 is 5.97 Å². The van der Waals surface area contributed by atoms with Crippen molar-refractivity contribution < 1.29 is 9.53 Å². The molecule has 1 saturated carbocycles. The number of hydrogen-bond acceptors (Lipinski definition) is 3. The van der Waals surface area contributed by atoms with E-state index in [0.29, 0.717) is 0 Å². The predicted octanol–water partition coefficient (Wildman–Crippen LogP) is 0.143. The van der Waals surface area contributed by atoms with E-state index >= 15 is 0 Å². The van der Waals surface area contributed by atoms with Crippen LogP contribution < -0.4 is 5.73 Å². The Balaban J connectivity index is 2.65. The Bertz CT molecular complexity index is 159. The Labute approximate surface area is 60.5 Å². The van der Waals surface area contributed by atoms with Gasteiger partial charge in [0.2, 0.25) is 0 Å². The maximum Gasteiger partial charge on any atom is 0.326 e. The third-order valence-electron chi connectivity index (χ3n) is 2.69. The Kier molecular flexibility index (Phi) is 1.47. The molecule has 0 aromatic rings. The van der Waals surface area contributed by atoms with Gasteiger partial charge in [-0.1, -0.05) is 13.8 Å².